The van der Waals surface area contributed by atoms with Crippen LogP contribution in [0.25, 0.3) is 10.9 Å². The minimum Gasteiger partial charge on any atom is -0.369 e. The van der Waals surface area contributed by atoms with Gasteiger partial charge >= 0.3 is 0 Å². The van der Waals surface area contributed by atoms with E-state index in [4.69, 9.17) is 5.73 Å². The number of nitrogens with zero attached hydrogens (tertiary/aromatic N) is 1. The van der Waals surface area contributed by atoms with Gasteiger partial charge in [-0.1, -0.05) is 24.3 Å². The number of benzene rings is 2. The quantitative estimate of drug-likeness (QED) is 0.534. The number of fused-ring (bicyclic) bond motifs is 1. The van der Waals surface area contributed by atoms with Crippen LogP contribution in [0.2, 0.25) is 0 Å². The number of para-hydroxylation sites is 1. The molecule has 3 aromatic rings. The van der Waals surface area contributed by atoms with Gasteiger partial charge in [0.1, 0.15) is 6.72 Å². The summed E-state index contributed by atoms with van der Waals surface area (Å²) in [6, 6.07) is 16.1. The molecule has 0 atom stereocenters. The van der Waals surface area contributed by atoms with E-state index in [0.29, 0.717) is 0 Å². The van der Waals surface area contributed by atoms with Gasteiger partial charge in [0.05, 0.1) is 6.42 Å². The summed E-state index contributed by atoms with van der Waals surface area (Å²) in [6.07, 6.45) is 3.17. The third-order valence-electron chi connectivity index (χ3n) is 3.98. The van der Waals surface area contributed by atoms with E-state index in [1.165, 1.54) is 5.56 Å². The minimum absolute atomic E-state index is 0.270. The fourth-order valence-electron chi connectivity index (χ4n) is 2.77. The number of aromatic nitrogens is 1. The van der Waals surface area contributed by atoms with Crippen LogP contribution >= 0.6 is 0 Å². The lowest BCUT2D eigenvalue weighted by atomic mass is 10.1. The van der Waals surface area contributed by atoms with Crippen LogP contribution in [-0.4, -0.2) is 28.7 Å². The molecule has 116 valence electrons. The SMILES string of the molecule is C=[N+](CCc1c[nH]c2ccc(CC(N)=O)cc12)c1ccccc1. The van der Waals surface area contributed by atoms with Crippen molar-refractivity contribution in [2.75, 3.05) is 6.54 Å². The molecule has 4 nitrogen and oxygen atoms in total. The Morgan fingerprint density at radius 3 is 2.70 bits per heavy atom. The number of aromatic amines is 1. The van der Waals surface area contributed by atoms with E-state index in [-0.39, 0.29) is 12.3 Å². The second kappa shape index (κ2) is 6.48. The number of rotatable bonds is 6. The summed E-state index contributed by atoms with van der Waals surface area (Å²) in [5.74, 6) is -0.311. The lowest BCUT2D eigenvalue weighted by molar-refractivity contribution is -0.430. The van der Waals surface area contributed by atoms with E-state index in [2.05, 4.69) is 11.7 Å². The zero-order chi connectivity index (χ0) is 16.2. The maximum absolute atomic E-state index is 11.1. The van der Waals surface area contributed by atoms with E-state index in [0.717, 1.165) is 35.1 Å². The van der Waals surface area contributed by atoms with Crippen LogP contribution < -0.4 is 5.73 Å². The number of nitrogens with one attached hydrogen (secondary N) is 1. The zero-order valence-electron chi connectivity index (χ0n) is 13.0. The highest BCUT2D eigenvalue weighted by atomic mass is 16.1. The normalized spacial score (nSPS) is 10.8. The molecule has 0 saturated carbocycles. The van der Waals surface area contributed by atoms with Gasteiger partial charge in [0.15, 0.2) is 6.54 Å². The van der Waals surface area contributed by atoms with Gasteiger partial charge in [-0.2, -0.15) is 0 Å². The zero-order valence-corrected chi connectivity index (χ0v) is 13.0. The average Bonchev–Trinajstić information content (AvgIpc) is 2.95. The van der Waals surface area contributed by atoms with Crippen molar-refractivity contribution in [2.45, 2.75) is 12.8 Å². The number of nitrogens with two attached hydrogens (primary N) is 1. The Balaban J connectivity index is 1.77. The molecule has 0 spiro atoms. The summed E-state index contributed by atoms with van der Waals surface area (Å²) in [6.45, 7) is 4.92. The predicted molar refractivity (Wildman–Crippen MR) is 93.3 cm³/mol. The third-order valence-corrected chi connectivity index (χ3v) is 3.98. The summed E-state index contributed by atoms with van der Waals surface area (Å²) in [4.78, 5) is 14.4. The summed E-state index contributed by atoms with van der Waals surface area (Å²) in [5, 5.41) is 1.14. The van der Waals surface area contributed by atoms with Crippen molar-refractivity contribution in [2.24, 2.45) is 5.73 Å². The molecular weight excluding hydrogens is 286 g/mol. The van der Waals surface area contributed by atoms with Gasteiger partial charge in [-0.15, -0.1) is 0 Å². The average molecular weight is 306 g/mol. The van der Waals surface area contributed by atoms with E-state index in [1.54, 1.807) is 0 Å². The lowest BCUT2D eigenvalue weighted by Crippen LogP contribution is -2.13. The fraction of sp³-hybridized carbons (Fsp3) is 0.158. The van der Waals surface area contributed by atoms with Gasteiger partial charge in [0.2, 0.25) is 11.6 Å². The van der Waals surface area contributed by atoms with Gasteiger partial charge in [-0.05, 0) is 23.3 Å². The Morgan fingerprint density at radius 2 is 1.96 bits per heavy atom. The molecule has 1 amide bonds. The van der Waals surface area contributed by atoms with Crippen LogP contribution in [0.5, 0.6) is 0 Å². The molecule has 4 heteroatoms. The van der Waals surface area contributed by atoms with Crippen molar-refractivity contribution in [3.05, 3.63) is 65.9 Å². The molecule has 0 bridgehead atoms. The van der Waals surface area contributed by atoms with E-state index in [1.807, 2.05) is 59.3 Å². The van der Waals surface area contributed by atoms with Gasteiger partial charge < -0.3 is 10.7 Å². The molecular formula is C19H20N3O+. The number of carbonyl (C=O) groups is 1. The maximum Gasteiger partial charge on any atom is 0.221 e. The molecule has 0 aliphatic carbocycles. The number of primary amides is 1. The number of amides is 1. The van der Waals surface area contributed by atoms with E-state index in [9.17, 15) is 4.79 Å². The molecule has 3 N–H and O–H groups in total. The first-order chi connectivity index (χ1) is 11.1. The van der Waals surface area contributed by atoms with Crippen molar-refractivity contribution < 1.29 is 9.37 Å². The molecule has 0 aliphatic heterocycles. The Kier molecular flexibility index (Phi) is 4.24. The van der Waals surface area contributed by atoms with Crippen molar-refractivity contribution in [3.63, 3.8) is 0 Å². The number of carbonyl (C=O) groups excluding carboxylic acids is 1. The first kappa shape index (κ1) is 15.0. The highest BCUT2D eigenvalue weighted by molar-refractivity contribution is 5.85. The van der Waals surface area contributed by atoms with Crippen LogP contribution in [-0.2, 0) is 17.6 Å². The molecule has 23 heavy (non-hydrogen) atoms. The molecule has 1 aromatic heterocycles. The van der Waals surface area contributed by atoms with Crippen LogP contribution in [0, 0.1) is 0 Å². The van der Waals surface area contributed by atoms with Crippen LogP contribution in [0.15, 0.2) is 54.7 Å². The van der Waals surface area contributed by atoms with Crippen LogP contribution in [0.3, 0.4) is 0 Å². The highest BCUT2D eigenvalue weighted by Gasteiger charge is 2.10. The summed E-state index contributed by atoms with van der Waals surface area (Å²) in [7, 11) is 0. The highest BCUT2D eigenvalue weighted by Crippen LogP contribution is 2.21. The molecule has 0 radical (unpaired) electrons. The van der Waals surface area contributed by atoms with E-state index >= 15 is 0 Å². The predicted octanol–water partition coefficient (Wildman–Crippen LogP) is 2.78. The number of hydrogen-bond acceptors (Lipinski definition) is 1. The first-order valence-electron chi connectivity index (χ1n) is 7.64. The monoisotopic (exact) mass is 306 g/mol. The maximum atomic E-state index is 11.1. The largest absolute Gasteiger partial charge is 0.369 e. The molecule has 0 saturated heterocycles. The van der Waals surface area contributed by atoms with Gasteiger partial charge in [0.25, 0.3) is 0 Å². The molecule has 0 unspecified atom stereocenters. The van der Waals surface area contributed by atoms with Crippen molar-refractivity contribution >= 4 is 29.2 Å². The van der Waals surface area contributed by atoms with Gasteiger partial charge in [0, 0.05) is 35.7 Å². The Morgan fingerprint density at radius 1 is 1.17 bits per heavy atom. The third kappa shape index (κ3) is 3.48. The van der Waals surface area contributed by atoms with Gasteiger partial charge in [-0.3, -0.25) is 4.79 Å². The Bertz CT molecular complexity index is 849. The second-order valence-electron chi connectivity index (χ2n) is 5.69. The lowest BCUT2D eigenvalue weighted by Gasteiger charge is -2.02. The minimum atomic E-state index is -0.311. The molecule has 0 aliphatic rings. The molecule has 2 aromatic carbocycles. The van der Waals surface area contributed by atoms with Crippen LogP contribution in [0.4, 0.5) is 5.69 Å². The summed E-state index contributed by atoms with van der Waals surface area (Å²) >= 11 is 0. The van der Waals surface area contributed by atoms with Crippen molar-refractivity contribution in [1.29, 1.82) is 0 Å². The van der Waals surface area contributed by atoms with Crippen molar-refractivity contribution in [1.82, 2.24) is 4.98 Å². The number of hydrogen-bond donors (Lipinski definition) is 2. The second-order valence-corrected chi connectivity index (χ2v) is 5.69. The first-order valence-corrected chi connectivity index (χ1v) is 7.64. The standard InChI is InChI=1S/C19H19N3O/c1-22(16-5-3-2-4-6-16)10-9-15-13-21-18-8-7-14(11-17(15)18)12-19(20)23/h2-8,11,13,21H,1,9-10,12H2,(H-,20,23)/p+1. The fourth-order valence-corrected chi connectivity index (χ4v) is 2.77. The molecule has 3 rings (SSSR count). The number of H-pyrrole nitrogens is 1. The van der Waals surface area contributed by atoms with Crippen LogP contribution in [0.1, 0.15) is 11.1 Å². The van der Waals surface area contributed by atoms with Gasteiger partial charge in [-0.25, -0.2) is 4.58 Å². The Labute approximate surface area is 135 Å². The smallest absolute Gasteiger partial charge is 0.221 e. The molecule has 0 fully saturated rings. The molecule has 1 heterocycles. The van der Waals surface area contributed by atoms with Crippen molar-refractivity contribution in [3.8, 4) is 0 Å². The summed E-state index contributed by atoms with van der Waals surface area (Å²) in [5.41, 5.74) is 9.62. The summed E-state index contributed by atoms with van der Waals surface area (Å²) < 4.78 is 1.99. The van der Waals surface area contributed by atoms with E-state index < -0.39 is 0 Å². The Hall–Kier alpha value is -2.88. The topological polar surface area (TPSA) is 61.9 Å².